The van der Waals surface area contributed by atoms with Crippen LogP contribution < -0.4 is 2.81 Å². The van der Waals surface area contributed by atoms with Gasteiger partial charge in [0.25, 0.3) is 0 Å². The van der Waals surface area contributed by atoms with Crippen LogP contribution in [-0.4, -0.2) is 23.7 Å². The van der Waals surface area contributed by atoms with Crippen molar-refractivity contribution in [1.82, 2.24) is 0 Å². The van der Waals surface area contributed by atoms with Gasteiger partial charge in [-0.15, -0.1) is 0 Å². The summed E-state index contributed by atoms with van der Waals surface area (Å²) in [6.45, 7) is 2.23. The van der Waals surface area contributed by atoms with Crippen LogP contribution in [0.1, 0.15) is 19.8 Å². The molecule has 0 saturated carbocycles. The number of benzene rings is 1. The molecule has 0 unspecified atom stereocenters. The summed E-state index contributed by atoms with van der Waals surface area (Å²) in [6, 6.07) is 10.2. The topological polar surface area (TPSA) is 9.23 Å². The molecule has 0 bridgehead atoms. The van der Waals surface area contributed by atoms with Crippen molar-refractivity contribution in [1.29, 1.82) is 0 Å². The van der Waals surface area contributed by atoms with Crippen LogP contribution in [0.25, 0.3) is 0 Å². The Balaban J connectivity index is 2.16. The second-order valence-corrected chi connectivity index (χ2v) is 6.52. The molecule has 66 valence electrons. The van der Waals surface area contributed by atoms with Crippen molar-refractivity contribution in [2.45, 2.75) is 23.9 Å². The van der Waals surface area contributed by atoms with Crippen LogP contribution in [0.3, 0.4) is 0 Å². The van der Waals surface area contributed by atoms with Crippen LogP contribution >= 0.6 is 0 Å². The summed E-state index contributed by atoms with van der Waals surface area (Å²) in [5, 5.41) is 0. The monoisotopic (exact) mass is 360 g/mol. The number of para-hydroxylation sites is 1. The van der Waals surface area contributed by atoms with Crippen LogP contribution in [0.15, 0.2) is 30.3 Å². The van der Waals surface area contributed by atoms with Crippen molar-refractivity contribution in [3.63, 3.8) is 0 Å². The minimum absolute atomic E-state index is 0.755. The van der Waals surface area contributed by atoms with E-state index >= 15 is 0 Å². The van der Waals surface area contributed by atoms with Gasteiger partial charge < -0.3 is 0 Å². The molecule has 0 spiro atoms. The molecular formula is C10H15BiO. The Morgan fingerprint density at radius 3 is 2.67 bits per heavy atom. The standard InChI is InChI=1S/C6H6O.C4H9.Bi.H/c7-6-4-2-1-3-5-6;1-3-4-2;;/h1-5,7H;1,3-4H2,2H3;;/q;;+1;/p-1. The van der Waals surface area contributed by atoms with Crippen molar-refractivity contribution >= 4 is 23.7 Å². The van der Waals surface area contributed by atoms with E-state index in [1.807, 2.05) is 30.3 Å². The Labute approximate surface area is 86.3 Å². The first-order chi connectivity index (χ1) is 5.93. The molecular weight excluding hydrogens is 345 g/mol. The van der Waals surface area contributed by atoms with Crippen LogP contribution in [0.4, 0.5) is 0 Å². The van der Waals surface area contributed by atoms with Crippen LogP contribution in [0.5, 0.6) is 5.75 Å². The van der Waals surface area contributed by atoms with E-state index < -0.39 is 23.7 Å². The molecule has 0 amide bonds. The predicted molar refractivity (Wildman–Crippen MR) is 53.9 cm³/mol. The van der Waals surface area contributed by atoms with Crippen LogP contribution in [-0.2, 0) is 0 Å². The van der Waals surface area contributed by atoms with Gasteiger partial charge in [0, 0.05) is 0 Å². The third-order valence-corrected chi connectivity index (χ3v) is 5.21. The zero-order valence-corrected chi connectivity index (χ0v) is 11.3. The first kappa shape index (κ1) is 9.99. The quantitative estimate of drug-likeness (QED) is 0.580. The summed E-state index contributed by atoms with van der Waals surface area (Å²) < 4.78 is 7.06. The molecule has 2 heteroatoms. The summed E-state index contributed by atoms with van der Waals surface area (Å²) in [7, 11) is 0. The molecule has 0 aliphatic heterocycles. The number of rotatable bonds is 5. The summed E-state index contributed by atoms with van der Waals surface area (Å²) in [5.41, 5.74) is 0. The number of unbranched alkanes of at least 4 members (excludes halogenated alkanes) is 1. The molecule has 1 rings (SSSR count). The summed E-state index contributed by atoms with van der Waals surface area (Å²) in [6.07, 6.45) is 2.64. The van der Waals surface area contributed by atoms with Crippen molar-refractivity contribution in [3.8, 4) is 5.75 Å². The summed E-state index contributed by atoms with van der Waals surface area (Å²) >= 11 is -0.755. The van der Waals surface area contributed by atoms with Gasteiger partial charge >= 0.3 is 86.5 Å². The minimum atomic E-state index is -0.755. The first-order valence-electron chi connectivity index (χ1n) is 4.38. The maximum atomic E-state index is 5.70. The van der Waals surface area contributed by atoms with Gasteiger partial charge in [-0.1, -0.05) is 0 Å². The molecule has 0 aliphatic carbocycles. The van der Waals surface area contributed by atoms with Gasteiger partial charge in [-0.25, -0.2) is 0 Å². The Kier molecular flexibility index (Phi) is 5.35. The molecule has 0 saturated heterocycles. The molecule has 0 N–H and O–H groups in total. The molecule has 1 nitrogen and oxygen atoms in total. The third-order valence-electron chi connectivity index (χ3n) is 1.57. The van der Waals surface area contributed by atoms with Crippen molar-refractivity contribution < 1.29 is 2.81 Å². The third kappa shape index (κ3) is 4.06. The molecule has 1 aromatic carbocycles. The summed E-state index contributed by atoms with van der Waals surface area (Å²) in [5.74, 6) is 1.07. The molecule has 12 heavy (non-hydrogen) atoms. The average molecular weight is 360 g/mol. The second-order valence-electron chi connectivity index (χ2n) is 2.66. The average Bonchev–Trinajstić information content (AvgIpc) is 2.14. The Morgan fingerprint density at radius 1 is 1.25 bits per heavy atom. The maximum absolute atomic E-state index is 5.70. The van der Waals surface area contributed by atoms with E-state index in [1.54, 1.807) is 0 Å². The van der Waals surface area contributed by atoms with Crippen LogP contribution in [0, 0.1) is 0 Å². The molecule has 0 fully saturated rings. The van der Waals surface area contributed by atoms with Crippen molar-refractivity contribution in [2.75, 3.05) is 0 Å². The second kappa shape index (κ2) is 6.42. The Bertz CT molecular complexity index is 198. The van der Waals surface area contributed by atoms with E-state index in [-0.39, 0.29) is 0 Å². The van der Waals surface area contributed by atoms with Gasteiger partial charge in [0.15, 0.2) is 0 Å². The van der Waals surface area contributed by atoms with E-state index in [9.17, 15) is 0 Å². The van der Waals surface area contributed by atoms with E-state index in [0.717, 1.165) is 5.75 Å². The predicted octanol–water partition coefficient (Wildman–Crippen LogP) is 2.64. The summed E-state index contributed by atoms with van der Waals surface area (Å²) in [4.78, 5) is 0. The van der Waals surface area contributed by atoms with Gasteiger partial charge in [-0.05, 0) is 0 Å². The molecule has 0 radical (unpaired) electrons. The zero-order valence-electron chi connectivity index (χ0n) is 7.42. The number of hydrogen-bond donors (Lipinski definition) is 0. The zero-order chi connectivity index (χ0) is 8.65. The van der Waals surface area contributed by atoms with E-state index in [4.69, 9.17) is 2.81 Å². The fourth-order valence-electron chi connectivity index (χ4n) is 0.872. The van der Waals surface area contributed by atoms with E-state index in [1.165, 1.54) is 17.0 Å². The van der Waals surface area contributed by atoms with Gasteiger partial charge in [0.2, 0.25) is 0 Å². The fraction of sp³-hybridized carbons (Fsp3) is 0.400. The normalized spacial score (nSPS) is 9.75. The first-order valence-corrected chi connectivity index (χ1v) is 8.72. The number of hydrogen-bond acceptors (Lipinski definition) is 1. The molecule has 0 heterocycles. The van der Waals surface area contributed by atoms with E-state index in [2.05, 4.69) is 6.92 Å². The molecule has 0 atom stereocenters. The van der Waals surface area contributed by atoms with Crippen LogP contribution in [0.2, 0.25) is 4.13 Å². The SMILES string of the molecule is CCC[CH2][BiH][O]c1ccccc1. The fourth-order valence-corrected chi connectivity index (χ4v) is 4.38. The Hall–Kier alpha value is -0.0969. The van der Waals surface area contributed by atoms with Gasteiger partial charge in [-0.2, -0.15) is 0 Å². The molecule has 0 aromatic heterocycles. The van der Waals surface area contributed by atoms with Gasteiger partial charge in [-0.3, -0.25) is 0 Å². The van der Waals surface area contributed by atoms with E-state index in [0.29, 0.717) is 0 Å². The molecule has 1 aromatic rings. The van der Waals surface area contributed by atoms with Gasteiger partial charge in [0.1, 0.15) is 0 Å². The van der Waals surface area contributed by atoms with Crippen molar-refractivity contribution in [3.05, 3.63) is 30.3 Å². The Morgan fingerprint density at radius 2 is 2.00 bits per heavy atom. The molecule has 0 aliphatic rings. The van der Waals surface area contributed by atoms with Gasteiger partial charge in [0.05, 0.1) is 0 Å². The van der Waals surface area contributed by atoms with Crippen molar-refractivity contribution in [2.24, 2.45) is 0 Å².